The minimum absolute atomic E-state index is 0.0669. The van der Waals surface area contributed by atoms with E-state index in [1.54, 1.807) is 37.3 Å². The molecule has 2 rings (SSSR count). The molecule has 0 spiro atoms. The first-order valence-corrected chi connectivity index (χ1v) is 13.3. The normalized spacial score (nSPS) is 11.9. The van der Waals surface area contributed by atoms with Gasteiger partial charge in [0.25, 0.3) is 0 Å². The van der Waals surface area contributed by atoms with Crippen LogP contribution in [0.4, 0.5) is 5.69 Å². The molecule has 1 atom stereocenters. The predicted octanol–water partition coefficient (Wildman–Crippen LogP) is 3.07. The van der Waals surface area contributed by atoms with E-state index in [0.717, 1.165) is 17.0 Å². The van der Waals surface area contributed by atoms with Crippen molar-refractivity contribution >= 4 is 39.1 Å². The van der Waals surface area contributed by atoms with E-state index in [1.165, 1.54) is 31.3 Å². The maximum atomic E-state index is 13.5. The van der Waals surface area contributed by atoms with E-state index in [1.807, 2.05) is 6.92 Å². The van der Waals surface area contributed by atoms with Crippen LogP contribution in [0.25, 0.3) is 0 Å². The van der Waals surface area contributed by atoms with Gasteiger partial charge in [0.1, 0.15) is 24.1 Å². The smallest absolute Gasteiger partial charge is 0.244 e. The molecule has 0 radical (unpaired) electrons. The standard InChI is InChI=1S/C24H32ClN3O6S/c1-6-12-26-24(30)17(2)27(15-18-8-7-9-19(25)13-18)23(29)16-28(35(5,31)32)21-11-10-20(33-3)14-22(21)34-4/h7-11,13-14,17H,6,12,15-16H2,1-5H3,(H,26,30)/t17-/m1/s1. The Morgan fingerprint density at radius 3 is 2.40 bits per heavy atom. The van der Waals surface area contributed by atoms with E-state index in [-0.39, 0.29) is 23.9 Å². The fourth-order valence-corrected chi connectivity index (χ4v) is 4.46. The van der Waals surface area contributed by atoms with Crippen LogP contribution in [0.5, 0.6) is 11.5 Å². The number of rotatable bonds is 12. The highest BCUT2D eigenvalue weighted by Crippen LogP contribution is 2.33. The van der Waals surface area contributed by atoms with Gasteiger partial charge in [0, 0.05) is 24.2 Å². The molecule has 0 fully saturated rings. The summed E-state index contributed by atoms with van der Waals surface area (Å²) in [7, 11) is -1.02. The monoisotopic (exact) mass is 525 g/mol. The molecule has 0 bridgehead atoms. The number of hydrogen-bond acceptors (Lipinski definition) is 6. The second kappa shape index (κ2) is 12.6. The van der Waals surface area contributed by atoms with Crippen LogP contribution >= 0.6 is 11.6 Å². The number of anilines is 1. The van der Waals surface area contributed by atoms with Gasteiger partial charge in [-0.15, -0.1) is 0 Å². The number of sulfonamides is 1. The Morgan fingerprint density at radius 2 is 1.83 bits per heavy atom. The Morgan fingerprint density at radius 1 is 1.11 bits per heavy atom. The van der Waals surface area contributed by atoms with E-state index in [4.69, 9.17) is 21.1 Å². The number of nitrogens with zero attached hydrogens (tertiary/aromatic N) is 2. The Kier molecular flexibility index (Phi) is 10.2. The maximum absolute atomic E-state index is 13.5. The summed E-state index contributed by atoms with van der Waals surface area (Å²) in [5, 5.41) is 3.27. The minimum atomic E-state index is -3.90. The summed E-state index contributed by atoms with van der Waals surface area (Å²) >= 11 is 6.11. The van der Waals surface area contributed by atoms with E-state index >= 15 is 0 Å². The molecule has 0 aromatic heterocycles. The number of hydrogen-bond donors (Lipinski definition) is 1. The van der Waals surface area contributed by atoms with Gasteiger partial charge in [0.2, 0.25) is 21.8 Å². The highest BCUT2D eigenvalue weighted by molar-refractivity contribution is 7.92. The third kappa shape index (κ3) is 7.76. The molecular formula is C24H32ClN3O6S. The zero-order valence-electron chi connectivity index (χ0n) is 20.6. The Labute approximate surface area is 212 Å². The topological polar surface area (TPSA) is 105 Å². The van der Waals surface area contributed by atoms with E-state index < -0.39 is 28.5 Å². The zero-order valence-corrected chi connectivity index (χ0v) is 22.1. The molecular weight excluding hydrogens is 494 g/mol. The van der Waals surface area contributed by atoms with Gasteiger partial charge in [-0.25, -0.2) is 8.42 Å². The number of methoxy groups -OCH3 is 2. The summed E-state index contributed by atoms with van der Waals surface area (Å²) in [6.45, 7) is 3.52. The van der Waals surface area contributed by atoms with Crippen molar-refractivity contribution < 1.29 is 27.5 Å². The van der Waals surface area contributed by atoms with E-state index in [2.05, 4.69) is 5.32 Å². The van der Waals surface area contributed by atoms with E-state index in [0.29, 0.717) is 22.9 Å². The molecule has 11 heteroatoms. The van der Waals surface area contributed by atoms with Gasteiger partial charge in [-0.1, -0.05) is 30.7 Å². The summed E-state index contributed by atoms with van der Waals surface area (Å²) in [4.78, 5) is 27.6. The number of halogens is 1. The molecule has 192 valence electrons. The van der Waals surface area contributed by atoms with Crippen LogP contribution in [-0.4, -0.2) is 64.7 Å². The van der Waals surface area contributed by atoms with Crippen molar-refractivity contribution in [1.29, 1.82) is 0 Å². The molecule has 35 heavy (non-hydrogen) atoms. The highest BCUT2D eigenvalue weighted by Gasteiger charge is 2.31. The van der Waals surface area contributed by atoms with Gasteiger partial charge in [0.15, 0.2) is 0 Å². The lowest BCUT2D eigenvalue weighted by molar-refractivity contribution is -0.139. The van der Waals surface area contributed by atoms with Crippen molar-refractivity contribution in [1.82, 2.24) is 10.2 Å². The molecule has 1 N–H and O–H groups in total. The third-order valence-corrected chi connectivity index (χ3v) is 6.65. The second-order valence-corrected chi connectivity index (χ2v) is 10.3. The molecule has 9 nitrogen and oxygen atoms in total. The largest absolute Gasteiger partial charge is 0.497 e. The van der Waals surface area contributed by atoms with Crippen molar-refractivity contribution in [3.05, 3.63) is 53.1 Å². The fraction of sp³-hybridized carbons (Fsp3) is 0.417. The molecule has 2 aromatic carbocycles. The average molecular weight is 526 g/mol. The van der Waals surface area contributed by atoms with E-state index in [9.17, 15) is 18.0 Å². The van der Waals surface area contributed by atoms with Gasteiger partial charge >= 0.3 is 0 Å². The van der Waals surface area contributed by atoms with Crippen molar-refractivity contribution in [3.8, 4) is 11.5 Å². The highest BCUT2D eigenvalue weighted by atomic mass is 35.5. The van der Waals surface area contributed by atoms with Crippen LogP contribution in [0.3, 0.4) is 0 Å². The zero-order chi connectivity index (χ0) is 26.2. The Bertz CT molecular complexity index is 1140. The number of carbonyl (C=O) groups excluding carboxylic acids is 2. The van der Waals surface area contributed by atoms with Crippen molar-refractivity contribution in [2.75, 3.05) is 37.9 Å². The number of benzene rings is 2. The molecule has 0 aliphatic rings. The molecule has 2 aromatic rings. The Balaban J connectivity index is 2.44. The first-order valence-electron chi connectivity index (χ1n) is 11.0. The second-order valence-electron chi connectivity index (χ2n) is 7.93. The molecule has 0 aliphatic heterocycles. The average Bonchev–Trinajstić information content (AvgIpc) is 2.82. The number of nitrogens with one attached hydrogen (secondary N) is 1. The van der Waals surface area contributed by atoms with Crippen LogP contribution < -0.4 is 19.1 Å². The van der Waals surface area contributed by atoms with Crippen LogP contribution in [0.15, 0.2) is 42.5 Å². The lowest BCUT2D eigenvalue weighted by Crippen LogP contribution is -2.51. The van der Waals surface area contributed by atoms with Gasteiger partial charge in [-0.3, -0.25) is 13.9 Å². The summed E-state index contributed by atoms with van der Waals surface area (Å²) in [6, 6.07) is 10.7. The lowest BCUT2D eigenvalue weighted by atomic mass is 10.1. The number of ether oxygens (including phenoxy) is 2. The predicted molar refractivity (Wildman–Crippen MR) is 137 cm³/mol. The van der Waals surface area contributed by atoms with Crippen molar-refractivity contribution in [3.63, 3.8) is 0 Å². The summed E-state index contributed by atoms with van der Waals surface area (Å²) in [5.74, 6) is -0.213. The summed E-state index contributed by atoms with van der Waals surface area (Å²) < 4.78 is 37.0. The molecule has 0 aliphatic carbocycles. The van der Waals surface area contributed by atoms with Gasteiger partial charge < -0.3 is 19.7 Å². The quantitative estimate of drug-likeness (QED) is 0.456. The molecule has 2 amide bonds. The third-order valence-electron chi connectivity index (χ3n) is 5.29. The molecule has 0 unspecified atom stereocenters. The van der Waals surface area contributed by atoms with Crippen LogP contribution in [-0.2, 0) is 26.2 Å². The van der Waals surface area contributed by atoms with Gasteiger partial charge in [-0.2, -0.15) is 0 Å². The number of amides is 2. The fourth-order valence-electron chi connectivity index (χ4n) is 3.40. The first kappa shape index (κ1) is 28.3. The molecule has 0 saturated carbocycles. The number of carbonyl (C=O) groups is 2. The SMILES string of the molecule is CCCNC(=O)[C@@H](C)N(Cc1cccc(Cl)c1)C(=O)CN(c1ccc(OC)cc1OC)S(C)(=O)=O. The Hall–Kier alpha value is -2.98. The minimum Gasteiger partial charge on any atom is -0.497 e. The molecule has 0 saturated heterocycles. The van der Waals surface area contributed by atoms with Crippen LogP contribution in [0, 0.1) is 0 Å². The summed E-state index contributed by atoms with van der Waals surface area (Å²) in [6.07, 6.45) is 1.74. The van der Waals surface area contributed by atoms with Gasteiger partial charge in [-0.05, 0) is 43.2 Å². The van der Waals surface area contributed by atoms with Crippen molar-refractivity contribution in [2.45, 2.75) is 32.9 Å². The maximum Gasteiger partial charge on any atom is 0.244 e. The van der Waals surface area contributed by atoms with Crippen LogP contribution in [0.2, 0.25) is 5.02 Å². The van der Waals surface area contributed by atoms with Crippen LogP contribution in [0.1, 0.15) is 25.8 Å². The first-order chi connectivity index (χ1) is 16.5. The molecule has 0 heterocycles. The lowest BCUT2D eigenvalue weighted by Gasteiger charge is -2.32. The van der Waals surface area contributed by atoms with Crippen molar-refractivity contribution in [2.24, 2.45) is 0 Å². The van der Waals surface area contributed by atoms with Gasteiger partial charge in [0.05, 0.1) is 26.2 Å². The summed E-state index contributed by atoms with van der Waals surface area (Å²) in [5.41, 5.74) is 0.879.